The largest absolute Gasteiger partial charge is 0.454 e. The molecule has 0 spiro atoms. The predicted octanol–water partition coefficient (Wildman–Crippen LogP) is 1.88. The zero-order chi connectivity index (χ0) is 19.1. The smallest absolute Gasteiger partial charge is 0.325 e. The van der Waals surface area contributed by atoms with Crippen LogP contribution in [0.2, 0.25) is 0 Å². The van der Waals surface area contributed by atoms with Crippen molar-refractivity contribution in [1.82, 2.24) is 5.32 Å². The Morgan fingerprint density at radius 2 is 1.92 bits per heavy atom. The summed E-state index contributed by atoms with van der Waals surface area (Å²) in [5.41, 5.74) is -0.273. The van der Waals surface area contributed by atoms with Crippen LogP contribution in [0.25, 0.3) is 0 Å². The second kappa shape index (κ2) is 8.72. The number of amides is 2. The first-order valence-corrected chi connectivity index (χ1v) is 8.22. The van der Waals surface area contributed by atoms with Crippen molar-refractivity contribution < 1.29 is 24.0 Å². The number of para-hydroxylation sites is 2. The summed E-state index contributed by atoms with van der Waals surface area (Å²) in [6, 6.07) is 9.01. The van der Waals surface area contributed by atoms with Crippen LogP contribution in [0.15, 0.2) is 36.4 Å². The number of ether oxygens (including phenoxy) is 1. The first-order valence-electron chi connectivity index (χ1n) is 7.40. The summed E-state index contributed by atoms with van der Waals surface area (Å²) >= 11 is 1.29. The molecule has 10 heteroatoms. The molecule has 2 N–H and O–H groups in total. The minimum absolute atomic E-state index is 0.0000769. The average Bonchev–Trinajstić information content (AvgIpc) is 3.04. The van der Waals surface area contributed by atoms with Gasteiger partial charge in [0.05, 0.1) is 9.80 Å². The standard InChI is InChI=1S/C16H15N3O6S/c1-10-6-7-13(26-10)16(22)17-8-15(21)25-9-14(20)18-11-4-2-3-5-12(11)19(23)24/h2-7H,8-9H2,1H3,(H,17,22)(H,18,20). The summed E-state index contributed by atoms with van der Waals surface area (Å²) in [6.45, 7) is 0.832. The average molecular weight is 377 g/mol. The zero-order valence-corrected chi connectivity index (χ0v) is 14.5. The molecule has 0 aliphatic rings. The lowest BCUT2D eigenvalue weighted by molar-refractivity contribution is -0.383. The quantitative estimate of drug-likeness (QED) is 0.431. The summed E-state index contributed by atoms with van der Waals surface area (Å²) in [6.07, 6.45) is 0. The minimum Gasteiger partial charge on any atom is -0.454 e. The van der Waals surface area contributed by atoms with E-state index < -0.39 is 35.9 Å². The number of nitrogens with zero attached hydrogens (tertiary/aromatic N) is 1. The number of anilines is 1. The molecular weight excluding hydrogens is 362 g/mol. The molecule has 0 saturated carbocycles. The number of aryl methyl sites for hydroxylation is 1. The Labute approximate surface area is 152 Å². The Bertz CT molecular complexity index is 848. The molecule has 136 valence electrons. The van der Waals surface area contributed by atoms with E-state index in [2.05, 4.69) is 10.6 Å². The molecular formula is C16H15N3O6S. The van der Waals surface area contributed by atoms with Gasteiger partial charge in [-0.25, -0.2) is 0 Å². The molecule has 0 aliphatic carbocycles. The van der Waals surface area contributed by atoms with E-state index in [9.17, 15) is 24.5 Å². The maximum absolute atomic E-state index is 11.8. The van der Waals surface area contributed by atoms with E-state index in [1.807, 2.05) is 6.92 Å². The van der Waals surface area contributed by atoms with Crippen LogP contribution in [-0.4, -0.2) is 35.9 Å². The number of thiophene rings is 1. The first-order chi connectivity index (χ1) is 12.4. The third-order valence-electron chi connectivity index (χ3n) is 3.10. The molecule has 0 saturated heterocycles. The zero-order valence-electron chi connectivity index (χ0n) is 13.7. The van der Waals surface area contributed by atoms with Crippen LogP contribution in [0.1, 0.15) is 14.5 Å². The highest BCUT2D eigenvalue weighted by Gasteiger charge is 2.16. The topological polar surface area (TPSA) is 128 Å². The molecule has 1 aromatic carbocycles. The molecule has 26 heavy (non-hydrogen) atoms. The summed E-state index contributed by atoms with van der Waals surface area (Å²) in [5.74, 6) is -1.94. The van der Waals surface area contributed by atoms with E-state index >= 15 is 0 Å². The fraction of sp³-hybridized carbons (Fsp3) is 0.188. The molecule has 2 rings (SSSR count). The van der Waals surface area contributed by atoms with Crippen molar-refractivity contribution in [2.45, 2.75) is 6.92 Å². The lowest BCUT2D eigenvalue weighted by Crippen LogP contribution is -2.31. The number of hydrogen-bond acceptors (Lipinski definition) is 7. The van der Waals surface area contributed by atoms with Gasteiger partial charge in [0.25, 0.3) is 17.5 Å². The highest BCUT2D eigenvalue weighted by molar-refractivity contribution is 7.13. The molecule has 0 radical (unpaired) electrons. The van der Waals surface area contributed by atoms with Crippen LogP contribution in [0, 0.1) is 17.0 Å². The molecule has 2 amide bonds. The van der Waals surface area contributed by atoms with Crippen LogP contribution < -0.4 is 10.6 Å². The second-order valence-electron chi connectivity index (χ2n) is 5.08. The summed E-state index contributed by atoms with van der Waals surface area (Å²) < 4.78 is 4.74. The number of nitrogens with one attached hydrogen (secondary N) is 2. The van der Waals surface area contributed by atoms with Crippen LogP contribution in [-0.2, 0) is 14.3 Å². The molecule has 0 atom stereocenters. The third kappa shape index (κ3) is 5.38. The van der Waals surface area contributed by atoms with Crippen molar-refractivity contribution in [3.05, 3.63) is 56.3 Å². The summed E-state index contributed by atoms with van der Waals surface area (Å²) in [7, 11) is 0. The number of benzene rings is 1. The van der Waals surface area contributed by atoms with Gasteiger partial charge in [0, 0.05) is 10.9 Å². The normalized spacial score (nSPS) is 10.0. The number of hydrogen-bond donors (Lipinski definition) is 2. The maximum Gasteiger partial charge on any atom is 0.325 e. The fourth-order valence-electron chi connectivity index (χ4n) is 1.92. The Morgan fingerprint density at radius 3 is 2.58 bits per heavy atom. The highest BCUT2D eigenvalue weighted by Crippen LogP contribution is 2.22. The van der Waals surface area contributed by atoms with Crippen molar-refractivity contribution in [3.63, 3.8) is 0 Å². The second-order valence-corrected chi connectivity index (χ2v) is 6.36. The predicted molar refractivity (Wildman–Crippen MR) is 94.1 cm³/mol. The van der Waals surface area contributed by atoms with Gasteiger partial charge in [-0.2, -0.15) is 0 Å². The number of nitro groups is 1. The van der Waals surface area contributed by atoms with Gasteiger partial charge in [0.2, 0.25) is 0 Å². The van der Waals surface area contributed by atoms with Gasteiger partial charge in [0.15, 0.2) is 6.61 Å². The molecule has 0 unspecified atom stereocenters. The number of rotatable bonds is 7. The third-order valence-corrected chi connectivity index (χ3v) is 4.10. The van der Waals surface area contributed by atoms with E-state index in [-0.39, 0.29) is 11.4 Å². The molecule has 9 nitrogen and oxygen atoms in total. The van der Waals surface area contributed by atoms with Gasteiger partial charge in [-0.1, -0.05) is 12.1 Å². The number of carbonyl (C=O) groups excluding carboxylic acids is 3. The molecule has 0 fully saturated rings. The highest BCUT2D eigenvalue weighted by atomic mass is 32.1. The maximum atomic E-state index is 11.8. The molecule has 0 aliphatic heterocycles. The van der Waals surface area contributed by atoms with Crippen molar-refractivity contribution in [2.24, 2.45) is 0 Å². The van der Waals surface area contributed by atoms with Crippen LogP contribution in [0.3, 0.4) is 0 Å². The van der Waals surface area contributed by atoms with Crippen molar-refractivity contribution >= 4 is 40.5 Å². The van der Waals surface area contributed by atoms with Gasteiger partial charge in [-0.3, -0.25) is 24.5 Å². The van der Waals surface area contributed by atoms with E-state index in [0.29, 0.717) is 4.88 Å². The van der Waals surface area contributed by atoms with Crippen molar-refractivity contribution in [3.8, 4) is 0 Å². The molecule has 1 heterocycles. The van der Waals surface area contributed by atoms with Gasteiger partial charge < -0.3 is 15.4 Å². The van der Waals surface area contributed by atoms with Crippen LogP contribution in [0.5, 0.6) is 0 Å². The van der Waals surface area contributed by atoms with E-state index in [1.54, 1.807) is 12.1 Å². The van der Waals surface area contributed by atoms with E-state index in [0.717, 1.165) is 4.88 Å². The van der Waals surface area contributed by atoms with Gasteiger partial charge in [-0.15, -0.1) is 11.3 Å². The summed E-state index contributed by atoms with van der Waals surface area (Å²) in [5, 5.41) is 15.5. The van der Waals surface area contributed by atoms with Crippen LogP contribution in [0.4, 0.5) is 11.4 Å². The van der Waals surface area contributed by atoms with Crippen molar-refractivity contribution in [1.29, 1.82) is 0 Å². The van der Waals surface area contributed by atoms with E-state index in [1.165, 1.54) is 35.6 Å². The van der Waals surface area contributed by atoms with Gasteiger partial charge >= 0.3 is 5.97 Å². The van der Waals surface area contributed by atoms with Crippen LogP contribution >= 0.6 is 11.3 Å². The van der Waals surface area contributed by atoms with Crippen molar-refractivity contribution in [2.75, 3.05) is 18.5 Å². The Kier molecular flexibility index (Phi) is 6.39. The fourth-order valence-corrected chi connectivity index (χ4v) is 2.70. The Balaban J connectivity index is 1.77. The lowest BCUT2D eigenvalue weighted by atomic mass is 10.2. The molecule has 2 aromatic rings. The summed E-state index contributed by atoms with van der Waals surface area (Å²) in [4.78, 5) is 46.8. The number of carbonyl (C=O) groups is 3. The monoisotopic (exact) mass is 377 g/mol. The SMILES string of the molecule is Cc1ccc(C(=O)NCC(=O)OCC(=O)Nc2ccccc2[N+](=O)[O-])s1. The molecule has 0 bridgehead atoms. The lowest BCUT2D eigenvalue weighted by Gasteiger charge is -2.07. The Hall–Kier alpha value is -3.27. The first kappa shape index (κ1) is 19.1. The Morgan fingerprint density at radius 1 is 1.19 bits per heavy atom. The van der Waals surface area contributed by atoms with E-state index in [4.69, 9.17) is 4.74 Å². The molecule has 1 aromatic heterocycles. The van der Waals surface area contributed by atoms with Gasteiger partial charge in [0.1, 0.15) is 12.2 Å². The number of nitro benzene ring substituents is 1. The van der Waals surface area contributed by atoms with Gasteiger partial charge in [-0.05, 0) is 25.1 Å². The number of esters is 1. The minimum atomic E-state index is -0.802.